The molecule has 11 aromatic rings. The summed E-state index contributed by atoms with van der Waals surface area (Å²) in [4.78, 5) is 105. The normalized spacial score (nSPS) is 11.3. The molecule has 15 N–H and O–H groups in total. The number of hydrazine groups is 1. The molecule has 1 atom stereocenters. The van der Waals surface area contributed by atoms with Crippen molar-refractivity contribution < 1.29 is 47.9 Å². The zero-order valence-corrected chi connectivity index (χ0v) is 89.2. The summed E-state index contributed by atoms with van der Waals surface area (Å²) in [7, 11) is 0. The monoisotopic (exact) mass is 2080 g/mol. The van der Waals surface area contributed by atoms with E-state index in [1.165, 1.54) is 80.2 Å². The lowest BCUT2D eigenvalue weighted by Crippen LogP contribution is -2.45. The van der Waals surface area contributed by atoms with Gasteiger partial charge in [0, 0.05) is 116 Å². The molecule has 0 radical (unpaired) electrons. The smallest absolute Gasteiger partial charge is 0.335 e. The highest BCUT2D eigenvalue weighted by Gasteiger charge is 2.19. The Balaban J connectivity index is 0.000000258. The molecule has 15 amide bonds. The summed E-state index contributed by atoms with van der Waals surface area (Å²) in [5.74, 6) is 6.11. The molecule has 1 aliphatic carbocycles. The van der Waals surface area contributed by atoms with Gasteiger partial charge < -0.3 is 73.3 Å². The van der Waals surface area contributed by atoms with Crippen molar-refractivity contribution in [3.8, 4) is 0 Å². The first-order valence-corrected chi connectivity index (χ1v) is 52.1. The van der Waals surface area contributed by atoms with Gasteiger partial charge in [0.1, 0.15) is 5.78 Å². The highest BCUT2D eigenvalue weighted by molar-refractivity contribution is 6.42. The van der Waals surface area contributed by atoms with Gasteiger partial charge in [-0.15, -0.1) is 0 Å². The highest BCUT2D eigenvalue weighted by Crippen LogP contribution is 2.29. The van der Waals surface area contributed by atoms with Crippen molar-refractivity contribution in [1.82, 2.24) is 31.6 Å². The first-order chi connectivity index (χ1) is 69.3. The first-order valence-electron chi connectivity index (χ1n) is 49.8. The topological polar surface area (TPSA) is 349 Å². The van der Waals surface area contributed by atoms with Gasteiger partial charge >= 0.3 is 42.2 Å². The van der Waals surface area contributed by atoms with Gasteiger partial charge in [-0.1, -0.05) is 297 Å². The van der Waals surface area contributed by atoms with Crippen LogP contribution in [-0.2, 0) is 9.53 Å². The van der Waals surface area contributed by atoms with Crippen LogP contribution in [0.25, 0.3) is 21.5 Å². The maximum Gasteiger partial charge on any atom is 0.335 e. The number of urea groups is 7. The fraction of sp³-hybridized carbons (Fsp3) is 0.372. The Morgan fingerprint density at radius 2 is 0.854 bits per heavy atom. The number of aryl methyl sites for hydroxylation is 3. The van der Waals surface area contributed by atoms with E-state index < -0.39 is 6.03 Å². The minimum absolute atomic E-state index is 0.117. The number of amides is 15. The highest BCUT2D eigenvalue weighted by atomic mass is 35.5. The van der Waals surface area contributed by atoms with Crippen LogP contribution in [0.1, 0.15) is 241 Å². The van der Waals surface area contributed by atoms with Gasteiger partial charge in [0.25, 0.3) is 5.91 Å². The van der Waals surface area contributed by atoms with E-state index in [0.29, 0.717) is 102 Å². The molecule has 0 heterocycles. The molecule has 774 valence electrons. The molecule has 1 unspecified atom stereocenters. The minimum Gasteiger partial charge on any atom is -0.379 e. The molecule has 0 aliphatic heterocycles. The summed E-state index contributed by atoms with van der Waals surface area (Å²) in [6.45, 7) is 23.4. The van der Waals surface area contributed by atoms with Crippen LogP contribution in [0.4, 0.5) is 79.1 Å². The number of Topliss-reactive ketones (excluding diaryl/α,β-unsaturated/α-hetero) is 1. The number of nitrogens with two attached hydrogens (primary N) is 1. The zero-order chi connectivity index (χ0) is 105. The number of anilines is 8. The molecule has 0 bridgehead atoms. The number of benzene rings is 11. The van der Waals surface area contributed by atoms with Gasteiger partial charge in [-0.2, -0.15) is 0 Å². The van der Waals surface area contributed by atoms with Crippen LogP contribution < -0.4 is 75.0 Å². The fourth-order valence-corrected chi connectivity index (χ4v) is 15.6. The number of ether oxygens (including phenoxy) is 1. The predicted octanol–water partition coefficient (Wildman–Crippen LogP) is 31.7. The zero-order valence-electron chi connectivity index (χ0n) is 84.6. The van der Waals surface area contributed by atoms with E-state index in [2.05, 4.69) is 115 Å². The average molecular weight is 2090 g/mol. The van der Waals surface area contributed by atoms with Crippen LogP contribution >= 0.6 is 69.6 Å². The minimum atomic E-state index is -0.391. The number of fused-ring (bicyclic) bond motifs is 2. The Hall–Kier alpha value is -12.2. The second kappa shape index (κ2) is 69.7. The summed E-state index contributed by atoms with van der Waals surface area (Å²) < 4.78 is 5.66. The van der Waals surface area contributed by atoms with Crippen molar-refractivity contribution in [3.05, 3.63) is 295 Å². The summed E-state index contributed by atoms with van der Waals surface area (Å²) in [6.07, 6.45) is 26.8. The van der Waals surface area contributed by atoms with Crippen LogP contribution in [0.3, 0.4) is 0 Å². The van der Waals surface area contributed by atoms with Crippen molar-refractivity contribution in [3.63, 3.8) is 0 Å². The largest absolute Gasteiger partial charge is 0.379 e. The number of carbonyl (C=O) groups excluding carboxylic acids is 9. The molecule has 1 aliphatic rings. The van der Waals surface area contributed by atoms with E-state index >= 15 is 0 Å². The third-order valence-electron chi connectivity index (χ3n) is 22.6. The van der Waals surface area contributed by atoms with E-state index in [0.717, 1.165) is 153 Å². The maximum absolute atomic E-state index is 12.0. The molecule has 1 saturated carbocycles. The SMILES string of the molecule is CC(=O)CCCCCCCCCCCNC(=O)Nc1ccc2ccccc2c1.CCCC(CCCNC(=O)Nc1cccc(Cl)c1)OCC.CCCCCCNC(=O)Nc1ccc(C(C)C)cc1.CCCN(N)C(=O)Nc1cccc2ccccc12.Cc1cc(NC(=O)Nc2ccc(Cl)c(Cl)c2)ccc1Cl.Cc1cc(NC(=O)Nc2ccc(Cl)cc2)ccc1Cl.Cc1ccc(C(=O)NC(=O)NC2CCCCC2)cc1. The van der Waals surface area contributed by atoms with Crippen molar-refractivity contribution in [2.24, 2.45) is 5.84 Å². The third kappa shape index (κ3) is 50.9. The van der Waals surface area contributed by atoms with Crippen molar-refractivity contribution in [2.45, 2.75) is 241 Å². The molecule has 12 rings (SSSR count). The molecule has 0 spiro atoms. The lowest BCUT2D eigenvalue weighted by Gasteiger charge is -2.22. The fourth-order valence-electron chi connectivity index (χ4n) is 14.8. The number of carbonyl (C=O) groups is 9. The number of nitrogens with zero attached hydrogens (tertiary/aromatic N) is 1. The molecular formula is C113H145Cl6N15O10. The van der Waals surface area contributed by atoms with Gasteiger partial charge in [-0.05, 0) is 271 Å². The second-order valence-electron chi connectivity index (χ2n) is 35.2. The van der Waals surface area contributed by atoms with Crippen LogP contribution in [0.5, 0.6) is 0 Å². The molecule has 25 nitrogen and oxygen atoms in total. The number of halogens is 6. The lowest BCUT2D eigenvalue weighted by molar-refractivity contribution is -0.117. The Morgan fingerprint density at radius 3 is 1.39 bits per heavy atom. The Morgan fingerprint density at radius 1 is 0.389 bits per heavy atom. The van der Waals surface area contributed by atoms with E-state index in [1.54, 1.807) is 116 Å². The van der Waals surface area contributed by atoms with Crippen LogP contribution in [0.2, 0.25) is 30.1 Å². The number of nitrogens with one attached hydrogen (secondary N) is 13. The number of hydrogen-bond donors (Lipinski definition) is 14. The van der Waals surface area contributed by atoms with E-state index in [1.807, 2.05) is 144 Å². The number of ketones is 1. The summed E-state index contributed by atoms with van der Waals surface area (Å²) in [5, 5.41) is 45.0. The standard InChI is InChI=1S/C24H34N2O2.C16H25ClN2O2.C16H26N2O.C15H20N2O2.C14H11Cl3N2O.C14H12Cl2N2O.C14H17N3O/c1-20(27)13-9-7-5-3-2-4-6-8-12-18-25-24(28)26-23-17-16-21-14-10-11-15-22(21)19-23;1-3-7-15(21-4-2)10-6-11-18-16(20)19-14-9-5-8-13(17)12-14;1-4-5-6-7-12-17-16(19)18-15-10-8-14(9-11-15)13(2)3;1-11-7-9-12(10-8-11)14(18)17-15(19)16-13-5-3-2-4-6-13;1-8-6-9(2-4-11(8)15)18-14(20)19-10-3-5-12(16)13(17)7-10;1-9-8-12(6-7-13(9)16)18-14(19)17-11-4-2-10(15)3-5-11;1-2-10-17(15)14(18)16-13-9-5-7-11-6-3-4-8-12(11)13/h10-11,14-17,19H,2-9,12-13,18H2,1H3,(H2,25,26,28);5,8-9,12,15H,3-4,6-7,10-11H2,1-2H3,(H2,18,19,20);8-11,13H,4-7,12H2,1-3H3,(H2,17,18,19);7-10,13H,2-6H2,1H3,(H2,16,17,18,19);2-7H,1H3,(H2,18,19,20);2-8H,1H3,(H2,17,18,19);3-9H,2,10,15H2,1H3,(H,16,18). The molecule has 0 aromatic heterocycles. The Kier molecular flexibility index (Phi) is 58.4. The first kappa shape index (κ1) is 121. The third-order valence-corrected chi connectivity index (χ3v) is 24.7. The van der Waals surface area contributed by atoms with E-state index in [-0.39, 0.29) is 48.1 Å². The molecule has 11 aromatic carbocycles. The number of imide groups is 1. The Bertz CT molecular complexity index is 5670. The average Bonchev–Trinajstić information content (AvgIpc) is 0.817. The number of unbranched alkanes of at least 4 members (excludes halogenated alkanes) is 11. The van der Waals surface area contributed by atoms with Gasteiger partial charge in [-0.25, -0.2) is 39.4 Å². The van der Waals surface area contributed by atoms with E-state index in [9.17, 15) is 43.2 Å². The molecule has 31 heteroatoms. The second-order valence-corrected chi connectivity index (χ2v) is 37.7. The van der Waals surface area contributed by atoms with E-state index in [4.69, 9.17) is 80.2 Å². The number of rotatable bonds is 38. The van der Waals surface area contributed by atoms with Gasteiger partial charge in [-0.3, -0.25) is 15.1 Å². The summed E-state index contributed by atoms with van der Waals surface area (Å²) in [6, 6.07) is 70.7. The summed E-state index contributed by atoms with van der Waals surface area (Å²) in [5.41, 5.74) is 10.4. The quantitative estimate of drug-likeness (QED) is 0.00746. The predicted molar refractivity (Wildman–Crippen MR) is 601 cm³/mol. The maximum atomic E-state index is 12.0. The van der Waals surface area contributed by atoms with Crippen molar-refractivity contribution in [2.75, 3.05) is 75.3 Å². The molecule has 1 fully saturated rings. The van der Waals surface area contributed by atoms with Gasteiger partial charge in [0.2, 0.25) is 0 Å². The van der Waals surface area contributed by atoms with Crippen molar-refractivity contribution >= 4 is 191 Å². The Labute approximate surface area is 880 Å². The molecular weight excluding hydrogens is 1940 g/mol. The lowest BCUT2D eigenvalue weighted by atomic mass is 9.96. The van der Waals surface area contributed by atoms with Crippen LogP contribution in [-0.4, -0.2) is 104 Å². The molecule has 0 saturated heterocycles. The summed E-state index contributed by atoms with van der Waals surface area (Å²) >= 11 is 35.2. The van der Waals surface area contributed by atoms with Gasteiger partial charge in [0.05, 0.1) is 21.8 Å². The van der Waals surface area contributed by atoms with Crippen molar-refractivity contribution in [1.29, 1.82) is 0 Å². The van der Waals surface area contributed by atoms with Crippen LogP contribution in [0, 0.1) is 20.8 Å². The van der Waals surface area contributed by atoms with Gasteiger partial charge in [0.15, 0.2) is 0 Å². The van der Waals surface area contributed by atoms with Crippen LogP contribution in [0.15, 0.2) is 237 Å². The molecule has 144 heavy (non-hydrogen) atoms. The number of hydrogen-bond acceptors (Lipinski definition) is 11.